The van der Waals surface area contributed by atoms with Crippen LogP contribution in [-0.4, -0.2) is 13.2 Å². The third-order valence-corrected chi connectivity index (χ3v) is 3.34. The van der Waals surface area contributed by atoms with E-state index < -0.39 is 0 Å². The molecule has 3 heteroatoms. The molecule has 1 aromatic carbocycles. The van der Waals surface area contributed by atoms with Gasteiger partial charge in [0.15, 0.2) is 0 Å². The Morgan fingerprint density at radius 2 is 2.06 bits per heavy atom. The zero-order valence-corrected chi connectivity index (χ0v) is 9.58. The van der Waals surface area contributed by atoms with Crippen molar-refractivity contribution in [1.82, 2.24) is 0 Å². The van der Waals surface area contributed by atoms with E-state index in [-0.39, 0.29) is 11.9 Å². The average molecular weight is 223 g/mol. The Kier molecular flexibility index (Phi) is 3.56. The minimum atomic E-state index is -0.164. The first kappa shape index (κ1) is 11.6. The number of hydrogen-bond acceptors (Lipinski definition) is 2. The van der Waals surface area contributed by atoms with Gasteiger partial charge in [0.1, 0.15) is 5.82 Å². The van der Waals surface area contributed by atoms with Crippen molar-refractivity contribution in [3.63, 3.8) is 0 Å². The maximum atomic E-state index is 13.1. The highest BCUT2D eigenvalue weighted by atomic mass is 19.1. The fourth-order valence-corrected chi connectivity index (χ4v) is 2.22. The number of rotatable bonds is 2. The van der Waals surface area contributed by atoms with Gasteiger partial charge in [0.25, 0.3) is 0 Å². The Morgan fingerprint density at radius 1 is 1.38 bits per heavy atom. The monoisotopic (exact) mass is 223 g/mol. The van der Waals surface area contributed by atoms with Crippen LogP contribution in [0, 0.1) is 18.7 Å². The van der Waals surface area contributed by atoms with E-state index in [0.29, 0.717) is 11.5 Å². The van der Waals surface area contributed by atoms with E-state index >= 15 is 0 Å². The van der Waals surface area contributed by atoms with Gasteiger partial charge in [-0.15, -0.1) is 0 Å². The van der Waals surface area contributed by atoms with Gasteiger partial charge in [-0.05, 0) is 42.9 Å². The molecular weight excluding hydrogens is 205 g/mol. The molecule has 16 heavy (non-hydrogen) atoms. The van der Waals surface area contributed by atoms with Crippen molar-refractivity contribution in [2.75, 3.05) is 13.2 Å². The number of aryl methyl sites for hydroxylation is 1. The lowest BCUT2D eigenvalue weighted by Gasteiger charge is -2.28. The quantitative estimate of drug-likeness (QED) is 0.836. The molecule has 1 aliphatic heterocycles. The van der Waals surface area contributed by atoms with E-state index in [4.69, 9.17) is 10.5 Å². The van der Waals surface area contributed by atoms with Crippen molar-refractivity contribution in [3.8, 4) is 0 Å². The Morgan fingerprint density at radius 3 is 2.69 bits per heavy atom. The van der Waals surface area contributed by atoms with Crippen LogP contribution in [0.15, 0.2) is 18.2 Å². The molecule has 0 bridgehead atoms. The summed E-state index contributed by atoms with van der Waals surface area (Å²) in [7, 11) is 0. The van der Waals surface area contributed by atoms with Crippen LogP contribution in [0.25, 0.3) is 0 Å². The van der Waals surface area contributed by atoms with E-state index in [2.05, 4.69) is 0 Å². The maximum Gasteiger partial charge on any atom is 0.126 e. The van der Waals surface area contributed by atoms with Crippen LogP contribution in [0.2, 0.25) is 0 Å². The number of halogens is 1. The van der Waals surface area contributed by atoms with E-state index in [0.717, 1.165) is 31.6 Å². The van der Waals surface area contributed by atoms with Crippen LogP contribution in [-0.2, 0) is 4.74 Å². The lowest BCUT2D eigenvalue weighted by atomic mass is 9.87. The molecule has 1 saturated heterocycles. The minimum absolute atomic E-state index is 0.00296. The fraction of sp³-hybridized carbons (Fsp3) is 0.538. The minimum Gasteiger partial charge on any atom is -0.381 e. The van der Waals surface area contributed by atoms with Gasteiger partial charge in [0.2, 0.25) is 0 Å². The summed E-state index contributed by atoms with van der Waals surface area (Å²) in [6, 6.07) is 5.16. The molecule has 1 heterocycles. The second-order valence-electron chi connectivity index (χ2n) is 4.48. The predicted molar refractivity (Wildman–Crippen MR) is 61.6 cm³/mol. The van der Waals surface area contributed by atoms with Crippen molar-refractivity contribution in [1.29, 1.82) is 0 Å². The first-order valence-electron chi connectivity index (χ1n) is 5.78. The van der Waals surface area contributed by atoms with Gasteiger partial charge >= 0.3 is 0 Å². The SMILES string of the molecule is Cc1cc([C@H](N)C2CCOCC2)ccc1F. The maximum absolute atomic E-state index is 13.1. The van der Waals surface area contributed by atoms with Gasteiger partial charge in [-0.1, -0.05) is 12.1 Å². The largest absolute Gasteiger partial charge is 0.381 e. The lowest BCUT2D eigenvalue weighted by molar-refractivity contribution is 0.0583. The summed E-state index contributed by atoms with van der Waals surface area (Å²) in [6.45, 7) is 3.35. The van der Waals surface area contributed by atoms with Crippen molar-refractivity contribution in [3.05, 3.63) is 35.1 Å². The molecule has 0 aromatic heterocycles. The van der Waals surface area contributed by atoms with Gasteiger partial charge in [0, 0.05) is 19.3 Å². The molecule has 2 N–H and O–H groups in total. The number of hydrogen-bond donors (Lipinski definition) is 1. The smallest absolute Gasteiger partial charge is 0.126 e. The summed E-state index contributed by atoms with van der Waals surface area (Å²) < 4.78 is 18.5. The summed E-state index contributed by atoms with van der Waals surface area (Å²) in [5.74, 6) is 0.293. The van der Waals surface area contributed by atoms with Crippen molar-refractivity contribution >= 4 is 0 Å². The second-order valence-corrected chi connectivity index (χ2v) is 4.48. The number of nitrogens with two attached hydrogens (primary N) is 1. The van der Waals surface area contributed by atoms with E-state index in [1.54, 1.807) is 13.0 Å². The van der Waals surface area contributed by atoms with Crippen LogP contribution >= 0.6 is 0 Å². The summed E-state index contributed by atoms with van der Waals surface area (Å²) in [5.41, 5.74) is 7.91. The third kappa shape index (κ3) is 2.42. The Hall–Kier alpha value is -0.930. The topological polar surface area (TPSA) is 35.2 Å². The fourth-order valence-electron chi connectivity index (χ4n) is 2.22. The number of benzene rings is 1. The molecule has 0 aliphatic carbocycles. The van der Waals surface area contributed by atoms with Gasteiger partial charge in [0.05, 0.1) is 0 Å². The van der Waals surface area contributed by atoms with Gasteiger partial charge in [-0.25, -0.2) is 4.39 Å². The molecule has 1 fully saturated rings. The van der Waals surface area contributed by atoms with E-state index in [9.17, 15) is 4.39 Å². The molecule has 0 amide bonds. The molecule has 2 nitrogen and oxygen atoms in total. The molecule has 0 spiro atoms. The summed E-state index contributed by atoms with van der Waals surface area (Å²) in [5, 5.41) is 0. The normalized spacial score (nSPS) is 19.7. The van der Waals surface area contributed by atoms with Gasteiger partial charge in [-0.3, -0.25) is 0 Å². The molecule has 0 unspecified atom stereocenters. The zero-order chi connectivity index (χ0) is 11.5. The average Bonchev–Trinajstić information content (AvgIpc) is 2.33. The van der Waals surface area contributed by atoms with Crippen molar-refractivity contribution < 1.29 is 9.13 Å². The first-order valence-corrected chi connectivity index (χ1v) is 5.78. The summed E-state index contributed by atoms with van der Waals surface area (Å²) in [6.07, 6.45) is 2.00. The first-order chi connectivity index (χ1) is 7.68. The standard InChI is InChI=1S/C13H18FNO/c1-9-8-11(2-3-12(9)14)13(15)10-4-6-16-7-5-10/h2-3,8,10,13H,4-7,15H2,1H3/t13-/m1/s1. The third-order valence-electron chi connectivity index (χ3n) is 3.34. The molecule has 88 valence electrons. The Balaban J connectivity index is 2.12. The molecule has 1 aliphatic rings. The molecular formula is C13H18FNO. The van der Waals surface area contributed by atoms with Gasteiger partial charge in [-0.2, -0.15) is 0 Å². The molecule has 2 rings (SSSR count). The molecule has 1 atom stereocenters. The second kappa shape index (κ2) is 4.93. The zero-order valence-electron chi connectivity index (χ0n) is 9.58. The van der Waals surface area contributed by atoms with E-state index in [1.165, 1.54) is 6.07 Å². The van der Waals surface area contributed by atoms with Crippen LogP contribution in [0.3, 0.4) is 0 Å². The summed E-state index contributed by atoms with van der Waals surface area (Å²) >= 11 is 0. The molecule has 0 radical (unpaired) electrons. The highest BCUT2D eigenvalue weighted by Crippen LogP contribution is 2.28. The predicted octanol–water partition coefficient (Wildman–Crippen LogP) is 2.56. The van der Waals surface area contributed by atoms with Crippen LogP contribution in [0.1, 0.15) is 30.0 Å². The number of ether oxygens (including phenoxy) is 1. The molecule has 0 saturated carbocycles. The summed E-state index contributed by atoms with van der Waals surface area (Å²) in [4.78, 5) is 0. The van der Waals surface area contributed by atoms with Gasteiger partial charge < -0.3 is 10.5 Å². The van der Waals surface area contributed by atoms with Crippen molar-refractivity contribution in [2.45, 2.75) is 25.8 Å². The van der Waals surface area contributed by atoms with Crippen LogP contribution < -0.4 is 5.73 Å². The lowest BCUT2D eigenvalue weighted by Crippen LogP contribution is -2.27. The van der Waals surface area contributed by atoms with Crippen LogP contribution in [0.5, 0.6) is 0 Å². The Labute approximate surface area is 95.6 Å². The highest BCUT2D eigenvalue weighted by Gasteiger charge is 2.22. The highest BCUT2D eigenvalue weighted by molar-refractivity contribution is 5.26. The molecule has 1 aromatic rings. The van der Waals surface area contributed by atoms with E-state index in [1.807, 2.05) is 6.07 Å². The van der Waals surface area contributed by atoms with Crippen LogP contribution in [0.4, 0.5) is 4.39 Å². The van der Waals surface area contributed by atoms with Crippen molar-refractivity contribution in [2.24, 2.45) is 11.7 Å². The Bertz CT molecular complexity index is 361.